The van der Waals surface area contributed by atoms with E-state index in [4.69, 9.17) is 9.84 Å². The van der Waals surface area contributed by atoms with Crippen LogP contribution in [-0.4, -0.2) is 24.2 Å². The molecule has 6 nitrogen and oxygen atoms in total. The molecule has 1 aromatic heterocycles. The molecule has 0 aliphatic rings. The number of aromatic carboxylic acids is 1. The first kappa shape index (κ1) is 14.9. The van der Waals surface area contributed by atoms with Crippen LogP contribution in [0.4, 0.5) is 9.80 Å². The number of amides is 2. The number of benzene rings is 1. The van der Waals surface area contributed by atoms with Crippen LogP contribution in [0.5, 0.6) is 5.75 Å². The Hall–Kier alpha value is -2.54. The Bertz CT molecular complexity index is 654. The average Bonchev–Trinajstić information content (AvgIpc) is 2.93. The van der Waals surface area contributed by atoms with Crippen molar-refractivity contribution in [1.29, 1.82) is 0 Å². The number of urea groups is 1. The van der Waals surface area contributed by atoms with Crippen LogP contribution in [0.15, 0.2) is 35.7 Å². The van der Waals surface area contributed by atoms with Crippen LogP contribution in [0.1, 0.15) is 15.9 Å². The van der Waals surface area contributed by atoms with E-state index in [1.165, 1.54) is 6.07 Å². The lowest BCUT2D eigenvalue weighted by atomic mass is 10.2. The first-order chi connectivity index (χ1) is 10.1. The van der Waals surface area contributed by atoms with Crippen LogP contribution in [0.2, 0.25) is 0 Å². The van der Waals surface area contributed by atoms with Crippen LogP contribution in [0.25, 0.3) is 0 Å². The van der Waals surface area contributed by atoms with E-state index in [-0.39, 0.29) is 5.56 Å². The van der Waals surface area contributed by atoms with Gasteiger partial charge in [-0.05, 0) is 29.1 Å². The average molecular weight is 306 g/mol. The van der Waals surface area contributed by atoms with Gasteiger partial charge in [-0.3, -0.25) is 5.32 Å². The smallest absolute Gasteiger partial charge is 0.338 e. The number of nitrogens with one attached hydrogen (secondary N) is 2. The number of carbonyl (C=O) groups is 2. The maximum Gasteiger partial charge on any atom is 0.338 e. The fourth-order valence-corrected chi connectivity index (χ4v) is 2.46. The zero-order chi connectivity index (χ0) is 15.2. The minimum Gasteiger partial charge on any atom is -0.497 e. The number of hydrogen-bond acceptors (Lipinski definition) is 4. The first-order valence-corrected chi connectivity index (χ1v) is 6.96. The third-order valence-electron chi connectivity index (χ3n) is 2.71. The van der Waals surface area contributed by atoms with E-state index in [9.17, 15) is 9.59 Å². The van der Waals surface area contributed by atoms with Gasteiger partial charge in [0, 0.05) is 6.54 Å². The van der Waals surface area contributed by atoms with Gasteiger partial charge < -0.3 is 15.2 Å². The minimum atomic E-state index is -1.07. The van der Waals surface area contributed by atoms with E-state index >= 15 is 0 Å². The lowest BCUT2D eigenvalue weighted by Gasteiger charge is -2.08. The van der Waals surface area contributed by atoms with Gasteiger partial charge >= 0.3 is 12.0 Å². The van der Waals surface area contributed by atoms with Gasteiger partial charge in [-0.2, -0.15) is 0 Å². The summed E-state index contributed by atoms with van der Waals surface area (Å²) in [5.74, 6) is -0.361. The Morgan fingerprint density at radius 1 is 1.33 bits per heavy atom. The molecule has 7 heteroatoms. The number of carbonyl (C=O) groups excluding carboxylic acids is 1. The van der Waals surface area contributed by atoms with Gasteiger partial charge in [0.2, 0.25) is 0 Å². The molecule has 0 saturated heterocycles. The molecule has 0 fully saturated rings. The van der Waals surface area contributed by atoms with Crippen molar-refractivity contribution in [2.75, 3.05) is 12.4 Å². The van der Waals surface area contributed by atoms with Crippen molar-refractivity contribution in [3.8, 4) is 5.75 Å². The number of methoxy groups -OCH3 is 1. The van der Waals surface area contributed by atoms with Crippen molar-refractivity contribution in [3.63, 3.8) is 0 Å². The molecule has 0 atom stereocenters. The molecule has 0 saturated carbocycles. The molecule has 1 aromatic carbocycles. The third-order valence-corrected chi connectivity index (χ3v) is 3.54. The minimum absolute atomic E-state index is 0.0801. The first-order valence-electron chi connectivity index (χ1n) is 6.08. The molecular weight excluding hydrogens is 292 g/mol. The number of anilines is 1. The summed E-state index contributed by atoms with van der Waals surface area (Å²) in [4.78, 5) is 22.7. The number of carboxylic acids is 1. The normalized spacial score (nSPS) is 9.95. The molecule has 3 N–H and O–H groups in total. The molecule has 21 heavy (non-hydrogen) atoms. The molecule has 0 aliphatic heterocycles. The van der Waals surface area contributed by atoms with Gasteiger partial charge in [0.25, 0.3) is 0 Å². The van der Waals surface area contributed by atoms with E-state index in [1.807, 2.05) is 24.3 Å². The Labute approximate surface area is 125 Å². The molecule has 0 bridgehead atoms. The summed E-state index contributed by atoms with van der Waals surface area (Å²) in [7, 11) is 1.57. The van der Waals surface area contributed by atoms with Gasteiger partial charge in [-0.1, -0.05) is 12.1 Å². The maximum atomic E-state index is 11.8. The SMILES string of the molecule is COc1cccc(CNC(=O)Nc2sccc2C(=O)O)c1. The molecular formula is C14H14N2O4S. The van der Waals surface area contributed by atoms with Crippen LogP contribution < -0.4 is 15.4 Å². The summed E-state index contributed by atoms with van der Waals surface area (Å²) in [5.41, 5.74) is 0.964. The molecule has 1 heterocycles. The Morgan fingerprint density at radius 3 is 2.86 bits per heavy atom. The molecule has 2 rings (SSSR count). The van der Waals surface area contributed by atoms with Gasteiger partial charge in [0.05, 0.1) is 12.7 Å². The molecule has 2 aromatic rings. The third kappa shape index (κ3) is 3.96. The summed E-state index contributed by atoms with van der Waals surface area (Å²) < 4.78 is 5.10. The molecule has 0 spiro atoms. The van der Waals surface area contributed by atoms with Crippen molar-refractivity contribution < 1.29 is 19.4 Å². The quantitative estimate of drug-likeness (QED) is 0.792. The molecule has 0 aliphatic carbocycles. The van der Waals surface area contributed by atoms with E-state index in [2.05, 4.69) is 10.6 Å². The lowest BCUT2D eigenvalue weighted by molar-refractivity contribution is 0.0698. The molecule has 0 unspecified atom stereocenters. The fourth-order valence-electron chi connectivity index (χ4n) is 1.69. The second-order valence-electron chi connectivity index (χ2n) is 4.13. The van der Waals surface area contributed by atoms with Gasteiger partial charge in [0.15, 0.2) is 0 Å². The summed E-state index contributed by atoms with van der Waals surface area (Å²) in [6.07, 6.45) is 0. The zero-order valence-electron chi connectivity index (χ0n) is 11.3. The van der Waals surface area contributed by atoms with E-state index < -0.39 is 12.0 Å². The van der Waals surface area contributed by atoms with Crippen LogP contribution in [0, 0.1) is 0 Å². The monoisotopic (exact) mass is 306 g/mol. The number of ether oxygens (including phenoxy) is 1. The van der Waals surface area contributed by atoms with E-state index in [1.54, 1.807) is 12.5 Å². The van der Waals surface area contributed by atoms with Crippen molar-refractivity contribution in [3.05, 3.63) is 46.8 Å². The van der Waals surface area contributed by atoms with Crippen molar-refractivity contribution in [1.82, 2.24) is 5.32 Å². The second kappa shape index (κ2) is 6.76. The maximum absolute atomic E-state index is 11.8. The van der Waals surface area contributed by atoms with Crippen LogP contribution >= 0.6 is 11.3 Å². The zero-order valence-corrected chi connectivity index (χ0v) is 12.1. The van der Waals surface area contributed by atoms with Crippen molar-refractivity contribution in [2.45, 2.75) is 6.54 Å². The lowest BCUT2D eigenvalue weighted by Crippen LogP contribution is -2.28. The summed E-state index contributed by atoms with van der Waals surface area (Å²) in [6, 6.07) is 8.31. The Balaban J connectivity index is 1.93. The highest BCUT2D eigenvalue weighted by atomic mass is 32.1. The van der Waals surface area contributed by atoms with E-state index in [0.717, 1.165) is 16.9 Å². The fraction of sp³-hybridized carbons (Fsp3) is 0.143. The standard InChI is InChI=1S/C14H14N2O4S/c1-20-10-4-2-3-9(7-10)8-15-14(19)16-12-11(13(17)18)5-6-21-12/h2-7H,8H2,1H3,(H,17,18)(H2,15,16,19). The highest BCUT2D eigenvalue weighted by Gasteiger charge is 2.13. The van der Waals surface area contributed by atoms with Gasteiger partial charge in [-0.15, -0.1) is 11.3 Å². The number of thiophene rings is 1. The van der Waals surface area contributed by atoms with Crippen LogP contribution in [0.3, 0.4) is 0 Å². The predicted octanol–water partition coefficient (Wildman–Crippen LogP) is 2.78. The highest BCUT2D eigenvalue weighted by Crippen LogP contribution is 2.22. The van der Waals surface area contributed by atoms with Crippen molar-refractivity contribution in [2.24, 2.45) is 0 Å². The predicted molar refractivity (Wildman–Crippen MR) is 80.1 cm³/mol. The number of hydrogen-bond donors (Lipinski definition) is 3. The van der Waals surface area contributed by atoms with Gasteiger partial charge in [0.1, 0.15) is 10.8 Å². The van der Waals surface area contributed by atoms with Crippen LogP contribution in [-0.2, 0) is 6.54 Å². The Morgan fingerprint density at radius 2 is 2.14 bits per heavy atom. The summed E-state index contributed by atoms with van der Waals surface area (Å²) >= 11 is 1.16. The molecule has 0 radical (unpaired) electrons. The highest BCUT2D eigenvalue weighted by molar-refractivity contribution is 7.14. The van der Waals surface area contributed by atoms with E-state index in [0.29, 0.717) is 17.3 Å². The summed E-state index contributed by atoms with van der Waals surface area (Å²) in [5, 5.41) is 16.1. The topological polar surface area (TPSA) is 87.7 Å². The van der Waals surface area contributed by atoms with Crippen molar-refractivity contribution >= 4 is 28.3 Å². The number of carboxylic acid groups (broad SMARTS) is 1. The summed E-state index contributed by atoms with van der Waals surface area (Å²) in [6.45, 7) is 0.316. The van der Waals surface area contributed by atoms with Gasteiger partial charge in [-0.25, -0.2) is 9.59 Å². The molecule has 110 valence electrons. The Kier molecular flexibility index (Phi) is 4.78. The second-order valence-corrected chi connectivity index (χ2v) is 5.04. The largest absolute Gasteiger partial charge is 0.497 e. The number of rotatable bonds is 5. The molecule has 2 amide bonds.